The summed E-state index contributed by atoms with van der Waals surface area (Å²) in [6, 6.07) is 12.1. The molecule has 3 amide bonds. The highest BCUT2D eigenvalue weighted by molar-refractivity contribution is 5.98. The summed E-state index contributed by atoms with van der Waals surface area (Å²) in [5.74, 6) is -0.975. The molecule has 5 rings (SSSR count). The van der Waals surface area contributed by atoms with Crippen molar-refractivity contribution in [1.82, 2.24) is 19.6 Å². The number of nitrogens with zero attached hydrogens (tertiary/aromatic N) is 4. The number of amides is 3. The Morgan fingerprint density at radius 1 is 0.865 bits per heavy atom. The zero-order valence-electron chi connectivity index (χ0n) is 21.4. The number of benzene rings is 2. The SMILES string of the molecule is Cc1cccc(C(=O)N2CCC3(CC2)OCC(C(=O)N2CCN(C)CC2)N3C(=O)c2ccc(F)cc2)c1. The molecule has 3 saturated heterocycles. The third kappa shape index (κ3) is 4.98. The Bertz CT molecular complexity index is 1170. The fourth-order valence-electron chi connectivity index (χ4n) is 5.54. The lowest BCUT2D eigenvalue weighted by atomic mass is 9.95. The van der Waals surface area contributed by atoms with E-state index in [1.54, 1.807) is 20.8 Å². The maximum absolute atomic E-state index is 13.8. The van der Waals surface area contributed by atoms with Gasteiger partial charge in [0.05, 0.1) is 6.61 Å². The summed E-state index contributed by atoms with van der Waals surface area (Å²) in [6.45, 7) is 5.57. The number of piperidine rings is 1. The van der Waals surface area contributed by atoms with E-state index in [1.165, 1.54) is 24.3 Å². The third-order valence-corrected chi connectivity index (χ3v) is 7.77. The summed E-state index contributed by atoms with van der Waals surface area (Å²) in [4.78, 5) is 47.9. The van der Waals surface area contributed by atoms with E-state index in [9.17, 15) is 18.8 Å². The first-order valence-corrected chi connectivity index (χ1v) is 12.8. The lowest BCUT2D eigenvalue weighted by molar-refractivity contribution is -0.139. The van der Waals surface area contributed by atoms with Crippen molar-refractivity contribution in [2.45, 2.75) is 31.5 Å². The number of piperazine rings is 1. The minimum Gasteiger partial charge on any atom is -0.353 e. The third-order valence-electron chi connectivity index (χ3n) is 7.77. The van der Waals surface area contributed by atoms with Gasteiger partial charge in [-0.1, -0.05) is 17.7 Å². The number of rotatable bonds is 3. The van der Waals surface area contributed by atoms with Crippen molar-refractivity contribution in [3.63, 3.8) is 0 Å². The molecule has 0 radical (unpaired) electrons. The predicted molar refractivity (Wildman–Crippen MR) is 135 cm³/mol. The zero-order chi connectivity index (χ0) is 26.2. The number of hydrogen-bond acceptors (Lipinski definition) is 5. The fourth-order valence-corrected chi connectivity index (χ4v) is 5.54. The topological polar surface area (TPSA) is 73.4 Å². The first kappa shape index (κ1) is 25.4. The summed E-state index contributed by atoms with van der Waals surface area (Å²) in [5, 5.41) is 0. The minimum absolute atomic E-state index is 0.0574. The van der Waals surface area contributed by atoms with Crippen molar-refractivity contribution in [2.24, 2.45) is 0 Å². The predicted octanol–water partition coefficient (Wildman–Crippen LogP) is 2.38. The Morgan fingerprint density at radius 2 is 1.54 bits per heavy atom. The van der Waals surface area contributed by atoms with Crippen LogP contribution in [-0.2, 0) is 9.53 Å². The number of hydrogen-bond donors (Lipinski definition) is 0. The lowest BCUT2D eigenvalue weighted by Crippen LogP contribution is -2.61. The van der Waals surface area contributed by atoms with Crippen molar-refractivity contribution >= 4 is 17.7 Å². The van der Waals surface area contributed by atoms with E-state index in [0.717, 1.165) is 18.7 Å². The molecule has 0 aromatic heterocycles. The van der Waals surface area contributed by atoms with Crippen LogP contribution in [0.3, 0.4) is 0 Å². The monoisotopic (exact) mass is 508 g/mol. The molecule has 0 saturated carbocycles. The summed E-state index contributed by atoms with van der Waals surface area (Å²) < 4.78 is 19.9. The van der Waals surface area contributed by atoms with Crippen LogP contribution in [0.15, 0.2) is 48.5 Å². The molecule has 1 atom stereocenters. The van der Waals surface area contributed by atoms with Crippen LogP contribution in [0, 0.1) is 12.7 Å². The molecule has 0 bridgehead atoms. The van der Waals surface area contributed by atoms with Crippen LogP contribution in [-0.4, -0.2) is 102 Å². The van der Waals surface area contributed by atoms with E-state index in [4.69, 9.17) is 4.74 Å². The van der Waals surface area contributed by atoms with Gasteiger partial charge in [-0.25, -0.2) is 4.39 Å². The summed E-state index contributed by atoms with van der Waals surface area (Å²) >= 11 is 0. The first-order chi connectivity index (χ1) is 17.8. The van der Waals surface area contributed by atoms with Gasteiger partial charge in [-0.2, -0.15) is 0 Å². The Kier molecular flexibility index (Phi) is 7.00. The van der Waals surface area contributed by atoms with Crippen LogP contribution in [0.1, 0.15) is 39.1 Å². The van der Waals surface area contributed by atoms with Crippen molar-refractivity contribution < 1.29 is 23.5 Å². The van der Waals surface area contributed by atoms with E-state index >= 15 is 0 Å². The standard InChI is InChI=1S/C28H33FN4O4/c1-20-4-3-5-22(18-20)25(34)31-12-10-28(11-13-31)33(26(35)21-6-8-23(29)9-7-21)24(19-37-28)27(36)32-16-14-30(2)15-17-32/h3-9,18,24H,10-17,19H2,1-2H3. The fraction of sp³-hybridized carbons (Fsp3) is 0.464. The molecule has 3 fully saturated rings. The number of ether oxygens (including phenoxy) is 1. The highest BCUT2D eigenvalue weighted by atomic mass is 19.1. The largest absolute Gasteiger partial charge is 0.353 e. The van der Waals surface area contributed by atoms with E-state index in [2.05, 4.69) is 4.90 Å². The van der Waals surface area contributed by atoms with E-state index in [-0.39, 0.29) is 24.3 Å². The minimum atomic E-state index is -0.998. The average Bonchev–Trinajstić information content (AvgIpc) is 3.27. The van der Waals surface area contributed by atoms with Gasteiger partial charge in [-0.05, 0) is 50.4 Å². The van der Waals surface area contributed by atoms with Crippen LogP contribution in [0.2, 0.25) is 0 Å². The number of likely N-dealkylation sites (N-methyl/N-ethyl adjacent to an activating group) is 1. The summed E-state index contributed by atoms with van der Waals surface area (Å²) in [6.07, 6.45) is 0.786. The van der Waals surface area contributed by atoms with Gasteiger partial charge in [0.1, 0.15) is 17.6 Å². The first-order valence-electron chi connectivity index (χ1n) is 12.8. The molecular weight excluding hydrogens is 475 g/mol. The number of carbonyl (C=O) groups is 3. The number of halogens is 1. The Balaban J connectivity index is 1.39. The highest BCUT2D eigenvalue weighted by Gasteiger charge is 2.55. The normalized spacial score (nSPS) is 21.9. The van der Waals surface area contributed by atoms with E-state index in [1.807, 2.05) is 32.2 Å². The number of likely N-dealkylation sites (tertiary alicyclic amines) is 1. The molecule has 2 aromatic rings. The molecule has 0 aliphatic carbocycles. The summed E-state index contributed by atoms with van der Waals surface area (Å²) in [7, 11) is 2.02. The Morgan fingerprint density at radius 3 is 2.19 bits per heavy atom. The molecule has 0 N–H and O–H groups in total. The molecule has 3 aliphatic heterocycles. The molecule has 37 heavy (non-hydrogen) atoms. The van der Waals surface area contributed by atoms with Gasteiger partial charge in [0, 0.05) is 63.2 Å². The highest BCUT2D eigenvalue weighted by Crippen LogP contribution is 2.39. The molecule has 1 spiro atoms. The molecular formula is C28H33FN4O4. The van der Waals surface area contributed by atoms with Crippen molar-refractivity contribution in [2.75, 3.05) is 52.9 Å². The molecule has 3 aliphatic rings. The van der Waals surface area contributed by atoms with E-state index in [0.29, 0.717) is 50.1 Å². The lowest BCUT2D eigenvalue weighted by Gasteiger charge is -2.45. The van der Waals surface area contributed by atoms with Crippen LogP contribution < -0.4 is 0 Å². The molecule has 9 heteroatoms. The maximum atomic E-state index is 13.8. The van der Waals surface area contributed by atoms with Gasteiger partial charge in [-0.3, -0.25) is 19.3 Å². The quantitative estimate of drug-likeness (QED) is 0.637. The molecule has 2 aromatic carbocycles. The van der Waals surface area contributed by atoms with Gasteiger partial charge in [-0.15, -0.1) is 0 Å². The second kappa shape index (κ2) is 10.2. The Labute approximate surface area is 216 Å². The van der Waals surface area contributed by atoms with Gasteiger partial charge >= 0.3 is 0 Å². The second-order valence-corrected chi connectivity index (χ2v) is 10.2. The second-order valence-electron chi connectivity index (χ2n) is 10.2. The molecule has 1 unspecified atom stereocenters. The van der Waals surface area contributed by atoms with Gasteiger partial charge in [0.25, 0.3) is 11.8 Å². The summed E-state index contributed by atoms with van der Waals surface area (Å²) in [5.41, 5.74) is 0.952. The van der Waals surface area contributed by atoms with Gasteiger partial charge < -0.3 is 19.4 Å². The van der Waals surface area contributed by atoms with Crippen LogP contribution in [0.25, 0.3) is 0 Å². The van der Waals surface area contributed by atoms with Crippen molar-refractivity contribution in [3.05, 3.63) is 71.0 Å². The van der Waals surface area contributed by atoms with E-state index < -0.39 is 17.6 Å². The zero-order valence-corrected chi connectivity index (χ0v) is 21.4. The van der Waals surface area contributed by atoms with Gasteiger partial charge in [0.15, 0.2) is 0 Å². The van der Waals surface area contributed by atoms with Crippen LogP contribution >= 0.6 is 0 Å². The molecule has 3 heterocycles. The number of carbonyl (C=O) groups excluding carboxylic acids is 3. The van der Waals surface area contributed by atoms with Crippen LogP contribution in [0.4, 0.5) is 4.39 Å². The number of aryl methyl sites for hydroxylation is 1. The molecule has 8 nitrogen and oxygen atoms in total. The molecule has 196 valence electrons. The smallest absolute Gasteiger partial charge is 0.256 e. The Hall–Kier alpha value is -3.30. The maximum Gasteiger partial charge on any atom is 0.256 e. The average molecular weight is 509 g/mol. The van der Waals surface area contributed by atoms with Crippen LogP contribution in [0.5, 0.6) is 0 Å². The van der Waals surface area contributed by atoms with Crippen molar-refractivity contribution in [3.8, 4) is 0 Å². The van der Waals surface area contributed by atoms with Crippen molar-refractivity contribution in [1.29, 1.82) is 0 Å². The van der Waals surface area contributed by atoms with Gasteiger partial charge in [0.2, 0.25) is 5.91 Å².